The van der Waals surface area contributed by atoms with Gasteiger partial charge in [0.25, 0.3) is 5.91 Å². The molecule has 1 amide bonds. The lowest BCUT2D eigenvalue weighted by molar-refractivity contribution is 0.0950. The summed E-state index contributed by atoms with van der Waals surface area (Å²) in [6.45, 7) is 1.40. The SMILES string of the molecule is O=C(NCc1cncc(-c2ccco2)c1)c1ccc(S(=O)(=O)N2CCCC2)cc1. The van der Waals surface area contributed by atoms with Crippen LogP contribution < -0.4 is 5.32 Å². The first-order valence-corrected chi connectivity index (χ1v) is 10.8. The molecule has 1 aromatic carbocycles. The van der Waals surface area contributed by atoms with E-state index in [9.17, 15) is 13.2 Å². The van der Waals surface area contributed by atoms with Crippen molar-refractivity contribution in [2.24, 2.45) is 0 Å². The lowest BCUT2D eigenvalue weighted by Gasteiger charge is -2.15. The Morgan fingerprint density at radius 3 is 2.55 bits per heavy atom. The van der Waals surface area contributed by atoms with Crippen molar-refractivity contribution in [1.29, 1.82) is 0 Å². The minimum Gasteiger partial charge on any atom is -0.464 e. The molecule has 1 saturated heterocycles. The van der Waals surface area contributed by atoms with Crippen molar-refractivity contribution < 1.29 is 17.6 Å². The maximum atomic E-state index is 12.6. The van der Waals surface area contributed by atoms with Crippen molar-refractivity contribution in [3.8, 4) is 11.3 Å². The summed E-state index contributed by atoms with van der Waals surface area (Å²) in [7, 11) is -3.48. The summed E-state index contributed by atoms with van der Waals surface area (Å²) in [4.78, 5) is 16.8. The van der Waals surface area contributed by atoms with E-state index < -0.39 is 10.0 Å². The fourth-order valence-corrected chi connectivity index (χ4v) is 4.82. The predicted octanol–water partition coefficient (Wildman–Crippen LogP) is 3.06. The van der Waals surface area contributed by atoms with Crippen LogP contribution in [-0.2, 0) is 16.6 Å². The van der Waals surface area contributed by atoms with Crippen LogP contribution in [0.4, 0.5) is 0 Å². The van der Waals surface area contributed by atoms with E-state index in [1.807, 2.05) is 12.1 Å². The van der Waals surface area contributed by atoms with Crippen LogP contribution in [0.3, 0.4) is 0 Å². The monoisotopic (exact) mass is 411 g/mol. The number of rotatable bonds is 6. The number of nitrogens with zero attached hydrogens (tertiary/aromatic N) is 2. The topological polar surface area (TPSA) is 92.5 Å². The van der Waals surface area contributed by atoms with Gasteiger partial charge in [0, 0.05) is 43.2 Å². The van der Waals surface area contributed by atoms with Gasteiger partial charge in [-0.1, -0.05) is 0 Å². The quantitative estimate of drug-likeness (QED) is 0.673. The smallest absolute Gasteiger partial charge is 0.251 e. The standard InChI is InChI=1S/C21H21N3O4S/c25-21(23-14-16-12-18(15-22-13-16)20-4-3-11-28-20)17-5-7-19(8-6-17)29(26,27)24-9-1-2-10-24/h3-8,11-13,15H,1-2,9-10,14H2,(H,23,25). The largest absolute Gasteiger partial charge is 0.464 e. The zero-order valence-electron chi connectivity index (χ0n) is 15.7. The molecule has 3 heterocycles. The number of nitrogens with one attached hydrogen (secondary N) is 1. The molecule has 150 valence electrons. The molecule has 0 spiro atoms. The van der Waals surface area contributed by atoms with Crippen LogP contribution in [0.15, 0.2) is 70.4 Å². The van der Waals surface area contributed by atoms with Gasteiger partial charge >= 0.3 is 0 Å². The van der Waals surface area contributed by atoms with Crippen molar-refractivity contribution in [3.05, 3.63) is 72.2 Å². The molecule has 0 unspecified atom stereocenters. The second kappa shape index (κ2) is 8.18. The number of furan rings is 1. The highest BCUT2D eigenvalue weighted by atomic mass is 32.2. The Balaban J connectivity index is 1.41. The lowest BCUT2D eigenvalue weighted by atomic mass is 10.1. The number of benzene rings is 1. The summed E-state index contributed by atoms with van der Waals surface area (Å²) in [6, 6.07) is 11.6. The molecule has 7 nitrogen and oxygen atoms in total. The zero-order chi connectivity index (χ0) is 20.3. The molecule has 1 aliphatic rings. The summed E-state index contributed by atoms with van der Waals surface area (Å²) in [5.74, 6) is 0.430. The Hall–Kier alpha value is -2.97. The predicted molar refractivity (Wildman–Crippen MR) is 108 cm³/mol. The first-order chi connectivity index (χ1) is 14.0. The Bertz CT molecular complexity index is 1090. The first kappa shape index (κ1) is 19.4. The number of amides is 1. The summed E-state index contributed by atoms with van der Waals surface area (Å²) < 4.78 is 32.0. The van der Waals surface area contributed by atoms with E-state index in [1.54, 1.807) is 24.7 Å². The lowest BCUT2D eigenvalue weighted by Crippen LogP contribution is -2.28. The van der Waals surface area contributed by atoms with Gasteiger partial charge < -0.3 is 9.73 Å². The number of sulfonamides is 1. The number of pyridine rings is 1. The summed E-state index contributed by atoms with van der Waals surface area (Å²) >= 11 is 0. The normalized spacial score (nSPS) is 14.8. The average Bonchev–Trinajstić information content (AvgIpc) is 3.47. The maximum absolute atomic E-state index is 12.6. The molecule has 1 aliphatic heterocycles. The van der Waals surface area contributed by atoms with Gasteiger partial charge in [0.15, 0.2) is 0 Å². The third kappa shape index (κ3) is 4.23. The highest BCUT2D eigenvalue weighted by Gasteiger charge is 2.27. The molecule has 4 rings (SSSR count). The van der Waals surface area contributed by atoms with Crippen molar-refractivity contribution in [3.63, 3.8) is 0 Å². The van der Waals surface area contributed by atoms with E-state index in [1.165, 1.54) is 28.6 Å². The molecule has 1 fully saturated rings. The van der Waals surface area contributed by atoms with Gasteiger partial charge in [-0.3, -0.25) is 9.78 Å². The van der Waals surface area contributed by atoms with E-state index in [4.69, 9.17) is 4.42 Å². The van der Waals surface area contributed by atoms with Crippen LogP contribution in [0, 0.1) is 0 Å². The van der Waals surface area contributed by atoms with Crippen LogP contribution in [0.25, 0.3) is 11.3 Å². The van der Waals surface area contributed by atoms with E-state index in [0.29, 0.717) is 31.0 Å². The second-order valence-electron chi connectivity index (χ2n) is 6.88. The van der Waals surface area contributed by atoms with Crippen molar-refractivity contribution in [2.45, 2.75) is 24.3 Å². The Labute approximate surface area is 169 Å². The second-order valence-corrected chi connectivity index (χ2v) is 8.82. The molecule has 8 heteroatoms. The molecular weight excluding hydrogens is 390 g/mol. The van der Waals surface area contributed by atoms with E-state index in [0.717, 1.165) is 24.0 Å². The van der Waals surface area contributed by atoms with Gasteiger partial charge in [-0.05, 0) is 60.9 Å². The number of carbonyl (C=O) groups is 1. The van der Waals surface area contributed by atoms with Crippen LogP contribution in [0.5, 0.6) is 0 Å². The van der Waals surface area contributed by atoms with Crippen molar-refractivity contribution in [1.82, 2.24) is 14.6 Å². The maximum Gasteiger partial charge on any atom is 0.251 e. The average molecular weight is 411 g/mol. The summed E-state index contributed by atoms with van der Waals surface area (Å²) in [6.07, 6.45) is 6.74. The number of hydrogen-bond donors (Lipinski definition) is 1. The highest BCUT2D eigenvalue weighted by molar-refractivity contribution is 7.89. The first-order valence-electron chi connectivity index (χ1n) is 9.40. The number of hydrogen-bond acceptors (Lipinski definition) is 5. The Morgan fingerprint density at radius 1 is 1.10 bits per heavy atom. The van der Waals surface area contributed by atoms with Crippen molar-refractivity contribution >= 4 is 15.9 Å². The van der Waals surface area contributed by atoms with Gasteiger partial charge in [0.05, 0.1) is 11.2 Å². The minimum atomic E-state index is -3.48. The molecule has 0 atom stereocenters. The van der Waals surface area contributed by atoms with Crippen LogP contribution >= 0.6 is 0 Å². The third-order valence-electron chi connectivity index (χ3n) is 4.87. The van der Waals surface area contributed by atoms with Crippen LogP contribution in [0.1, 0.15) is 28.8 Å². The van der Waals surface area contributed by atoms with Gasteiger partial charge in [-0.15, -0.1) is 0 Å². The molecule has 0 saturated carbocycles. The number of aromatic nitrogens is 1. The summed E-state index contributed by atoms with van der Waals surface area (Å²) in [5.41, 5.74) is 2.07. The van der Waals surface area contributed by atoms with E-state index in [2.05, 4.69) is 10.3 Å². The molecule has 0 bridgehead atoms. The molecular formula is C21H21N3O4S. The van der Waals surface area contributed by atoms with Gasteiger partial charge in [0.1, 0.15) is 5.76 Å². The Kier molecular flexibility index (Phi) is 5.46. The van der Waals surface area contributed by atoms with E-state index >= 15 is 0 Å². The minimum absolute atomic E-state index is 0.214. The summed E-state index contributed by atoms with van der Waals surface area (Å²) in [5, 5.41) is 2.83. The fraction of sp³-hybridized carbons (Fsp3) is 0.238. The van der Waals surface area contributed by atoms with Crippen molar-refractivity contribution in [2.75, 3.05) is 13.1 Å². The zero-order valence-corrected chi connectivity index (χ0v) is 16.6. The molecule has 1 N–H and O–H groups in total. The van der Waals surface area contributed by atoms with Gasteiger partial charge in [-0.2, -0.15) is 4.31 Å². The van der Waals surface area contributed by atoms with Crippen LogP contribution in [0.2, 0.25) is 0 Å². The fourth-order valence-electron chi connectivity index (χ4n) is 3.30. The Morgan fingerprint density at radius 2 is 1.86 bits per heavy atom. The molecule has 3 aromatic rings. The van der Waals surface area contributed by atoms with Gasteiger partial charge in [-0.25, -0.2) is 8.42 Å². The molecule has 29 heavy (non-hydrogen) atoms. The van der Waals surface area contributed by atoms with Crippen LogP contribution in [-0.4, -0.2) is 36.7 Å². The van der Waals surface area contributed by atoms with Gasteiger partial charge in [0.2, 0.25) is 10.0 Å². The third-order valence-corrected chi connectivity index (χ3v) is 6.79. The van der Waals surface area contributed by atoms with E-state index in [-0.39, 0.29) is 10.8 Å². The molecule has 0 aliphatic carbocycles. The highest BCUT2D eigenvalue weighted by Crippen LogP contribution is 2.22. The molecule has 0 radical (unpaired) electrons. The number of carbonyl (C=O) groups excluding carboxylic acids is 1. The molecule has 2 aromatic heterocycles.